The second-order valence-electron chi connectivity index (χ2n) is 9.89. The number of carbonyl (C=O) groups is 2. The normalized spacial score (nSPS) is 22.2. The molecule has 2 aliphatic heterocycles. The third-order valence-electron chi connectivity index (χ3n) is 7.25. The van der Waals surface area contributed by atoms with Crippen LogP contribution >= 0.6 is 0 Å². The Morgan fingerprint density at radius 2 is 1.59 bits per heavy atom. The number of benzene rings is 2. The van der Waals surface area contributed by atoms with E-state index in [4.69, 9.17) is 15.7 Å². The molecule has 0 atom stereocenters. The van der Waals surface area contributed by atoms with E-state index in [0.717, 1.165) is 64.2 Å². The molecule has 2 heterocycles. The number of carbonyl (C=O) groups excluding carboxylic acids is 1. The van der Waals surface area contributed by atoms with Gasteiger partial charge in [-0.25, -0.2) is 4.79 Å². The number of hydrogen-bond donors (Lipinski definition) is 2. The maximum Gasteiger partial charge on any atom is 0.430 e. The highest BCUT2D eigenvalue weighted by Crippen LogP contribution is 2.27. The highest BCUT2D eigenvalue weighted by Gasteiger charge is 2.38. The summed E-state index contributed by atoms with van der Waals surface area (Å²) in [6, 6.07) is 19.2. The first-order chi connectivity index (χ1) is 18.5. The van der Waals surface area contributed by atoms with Crippen LogP contribution in [-0.2, 0) is 16.1 Å². The summed E-state index contributed by atoms with van der Waals surface area (Å²) >= 11 is 0. The van der Waals surface area contributed by atoms with Crippen LogP contribution in [0.15, 0.2) is 59.7 Å². The molecule has 3 N–H and O–H groups in total. The fourth-order valence-corrected chi connectivity index (χ4v) is 5.30. The highest BCUT2D eigenvalue weighted by atomic mass is 19.4. The average molecular weight is 550 g/mol. The predicted molar refractivity (Wildman–Crippen MR) is 139 cm³/mol. The van der Waals surface area contributed by atoms with E-state index in [1.165, 1.54) is 11.3 Å². The van der Waals surface area contributed by atoms with Gasteiger partial charge in [-0.2, -0.15) is 18.3 Å². The summed E-state index contributed by atoms with van der Waals surface area (Å²) in [5.74, 6) is 1.53. The molecule has 0 unspecified atom stereocenters. The summed E-state index contributed by atoms with van der Waals surface area (Å²) in [5, 5.41) is 21.9. The molecule has 0 spiro atoms. The Balaban J connectivity index is 0.000000532. The number of nitrogens with two attached hydrogens (primary N) is 1. The van der Waals surface area contributed by atoms with E-state index in [0.29, 0.717) is 10.5 Å². The fourth-order valence-electron chi connectivity index (χ4n) is 5.30. The van der Waals surface area contributed by atoms with Crippen molar-refractivity contribution in [3.63, 3.8) is 0 Å². The minimum atomic E-state index is -5.19. The van der Waals surface area contributed by atoms with Gasteiger partial charge in [0, 0.05) is 56.3 Å². The predicted octanol–water partition coefficient (Wildman–Crippen LogP) is 1.66. The number of carboxylic acid groups (broad SMARTS) is 2. The molecule has 4 rings (SSSR count). The number of piperazine rings is 1. The van der Waals surface area contributed by atoms with E-state index < -0.39 is 18.1 Å². The number of aliphatic carboxylic acids is 2. The number of hydrogen-bond acceptors (Lipinski definition) is 7. The van der Waals surface area contributed by atoms with Gasteiger partial charge in [0.1, 0.15) is 12.5 Å². The topological polar surface area (TPSA) is 122 Å². The van der Waals surface area contributed by atoms with Crippen LogP contribution in [0, 0.1) is 0 Å². The number of rotatable bonds is 7. The molecule has 12 heteroatoms. The third kappa shape index (κ3) is 8.96. The summed E-state index contributed by atoms with van der Waals surface area (Å²) < 4.78 is 32.2. The number of nitrogens with zero attached hydrogens (tertiary/aromatic N) is 4. The molecule has 2 saturated heterocycles. The van der Waals surface area contributed by atoms with Crippen molar-refractivity contribution < 1.29 is 37.5 Å². The van der Waals surface area contributed by atoms with Crippen molar-refractivity contribution >= 4 is 23.8 Å². The molecular weight excluding hydrogens is 515 g/mol. The van der Waals surface area contributed by atoms with Crippen molar-refractivity contribution in [3.05, 3.63) is 65.7 Å². The summed E-state index contributed by atoms with van der Waals surface area (Å²) in [6.07, 6.45) is -1.41. The van der Waals surface area contributed by atoms with Crippen LogP contribution < -0.4 is 15.8 Å². The summed E-state index contributed by atoms with van der Waals surface area (Å²) in [4.78, 5) is 25.5. The molecule has 212 valence electrons. The Labute approximate surface area is 225 Å². The van der Waals surface area contributed by atoms with E-state index in [2.05, 4.69) is 39.2 Å². The van der Waals surface area contributed by atoms with Gasteiger partial charge < -0.3 is 30.2 Å². The molecule has 2 aliphatic rings. The lowest BCUT2D eigenvalue weighted by Crippen LogP contribution is -2.59. The second kappa shape index (κ2) is 13.4. The number of likely N-dealkylation sites (tertiary alicyclic amines) is 1. The van der Waals surface area contributed by atoms with Gasteiger partial charge in [-0.1, -0.05) is 42.5 Å². The largest absolute Gasteiger partial charge is 0.542 e. The van der Waals surface area contributed by atoms with E-state index in [9.17, 15) is 23.1 Å². The molecule has 0 amide bonds. The SMILES string of the molecule is N/N=C\c1ccc(N2CCN(C3CC[N+](CC(=O)O)(Cc4ccccc4)CC3)CC2)cc1.O=C([O-])C(F)(F)F. The maximum absolute atomic E-state index is 11.6. The molecule has 0 radical (unpaired) electrons. The molecule has 2 fully saturated rings. The van der Waals surface area contributed by atoms with Crippen molar-refractivity contribution in [2.24, 2.45) is 10.9 Å². The van der Waals surface area contributed by atoms with Crippen LogP contribution in [0.3, 0.4) is 0 Å². The van der Waals surface area contributed by atoms with E-state index in [1.54, 1.807) is 6.21 Å². The zero-order valence-corrected chi connectivity index (χ0v) is 21.6. The zero-order valence-electron chi connectivity index (χ0n) is 21.6. The van der Waals surface area contributed by atoms with Crippen LogP contribution in [0.4, 0.5) is 18.9 Å². The van der Waals surface area contributed by atoms with Gasteiger partial charge in [0.05, 0.1) is 19.3 Å². The Hall–Kier alpha value is -3.64. The first-order valence-electron chi connectivity index (χ1n) is 12.7. The molecule has 0 aliphatic carbocycles. The third-order valence-corrected chi connectivity index (χ3v) is 7.25. The second-order valence-corrected chi connectivity index (χ2v) is 9.89. The van der Waals surface area contributed by atoms with Crippen molar-refractivity contribution in [2.45, 2.75) is 31.6 Å². The Morgan fingerprint density at radius 1 is 1.03 bits per heavy atom. The van der Waals surface area contributed by atoms with Crippen molar-refractivity contribution in [3.8, 4) is 0 Å². The van der Waals surface area contributed by atoms with Crippen molar-refractivity contribution in [2.75, 3.05) is 50.7 Å². The minimum Gasteiger partial charge on any atom is -0.542 e. The summed E-state index contributed by atoms with van der Waals surface area (Å²) in [5.41, 5.74) is 3.47. The van der Waals surface area contributed by atoms with E-state index >= 15 is 0 Å². The summed E-state index contributed by atoms with van der Waals surface area (Å²) in [7, 11) is 0. The molecule has 0 bridgehead atoms. The minimum absolute atomic E-state index is 0.209. The number of alkyl halides is 3. The molecule has 0 aromatic heterocycles. The molecule has 9 nitrogen and oxygen atoms in total. The first kappa shape index (κ1) is 29.9. The Bertz CT molecular complexity index is 1100. The standard InChI is InChI=1S/C25H33N5O2.C2HF3O2/c26-27-18-21-6-8-23(9-7-21)28-12-14-29(15-13-28)24-10-16-30(17-11-24,20-25(31)32)19-22-4-2-1-3-5-22;3-2(4,5)1(6)7/h1-9,18,24H,10-17,19-20,26H2;(H,6,7)/b27-18-;. The van der Waals surface area contributed by atoms with Gasteiger partial charge in [-0.15, -0.1) is 0 Å². The van der Waals surface area contributed by atoms with Gasteiger partial charge in [0.2, 0.25) is 0 Å². The molecule has 2 aromatic carbocycles. The van der Waals surface area contributed by atoms with Crippen LogP contribution in [0.5, 0.6) is 0 Å². The first-order valence-corrected chi connectivity index (χ1v) is 12.7. The Kier molecular flexibility index (Phi) is 10.3. The number of halogens is 3. The quantitative estimate of drug-likeness (QED) is 0.233. The number of carboxylic acids is 2. The average Bonchev–Trinajstić information content (AvgIpc) is 2.90. The van der Waals surface area contributed by atoms with E-state index in [-0.39, 0.29) is 6.54 Å². The highest BCUT2D eigenvalue weighted by molar-refractivity contribution is 5.80. The number of quaternary nitrogens is 1. The molecular formula is C27H34F3N5O4. The maximum atomic E-state index is 11.6. The molecule has 39 heavy (non-hydrogen) atoms. The lowest BCUT2D eigenvalue weighted by molar-refractivity contribution is -0.939. The Morgan fingerprint density at radius 3 is 2.08 bits per heavy atom. The van der Waals surface area contributed by atoms with E-state index in [1.807, 2.05) is 30.3 Å². The van der Waals surface area contributed by atoms with Gasteiger partial charge >= 0.3 is 12.1 Å². The van der Waals surface area contributed by atoms with Gasteiger partial charge in [0.25, 0.3) is 0 Å². The molecule has 0 saturated carbocycles. The van der Waals surface area contributed by atoms with Crippen molar-refractivity contribution in [1.82, 2.24) is 4.90 Å². The lowest BCUT2D eigenvalue weighted by Gasteiger charge is -2.47. The molecule has 2 aromatic rings. The van der Waals surface area contributed by atoms with Gasteiger partial charge in [-0.05, 0) is 17.7 Å². The van der Waals surface area contributed by atoms with Gasteiger partial charge in [0.15, 0.2) is 6.54 Å². The van der Waals surface area contributed by atoms with Crippen molar-refractivity contribution in [1.29, 1.82) is 0 Å². The number of piperidine rings is 1. The van der Waals surface area contributed by atoms with Crippen LogP contribution in [0.25, 0.3) is 0 Å². The monoisotopic (exact) mass is 549 g/mol. The smallest absolute Gasteiger partial charge is 0.430 e. The van der Waals surface area contributed by atoms with Crippen LogP contribution in [0.2, 0.25) is 0 Å². The number of hydrazone groups is 1. The van der Waals surface area contributed by atoms with Crippen LogP contribution in [-0.4, -0.2) is 90.7 Å². The number of anilines is 1. The zero-order chi connectivity index (χ0) is 28.5. The van der Waals surface area contributed by atoms with Gasteiger partial charge in [-0.3, -0.25) is 4.90 Å². The lowest BCUT2D eigenvalue weighted by atomic mass is 9.98. The van der Waals surface area contributed by atoms with Crippen LogP contribution in [0.1, 0.15) is 24.0 Å². The fraction of sp³-hybridized carbons (Fsp3) is 0.444. The summed E-state index contributed by atoms with van der Waals surface area (Å²) in [6.45, 7) is 6.99.